The fraction of sp³-hybridized carbons (Fsp3) is 0.941. The maximum absolute atomic E-state index is 11.9. The monoisotopic (exact) mass is 280 g/mol. The van der Waals surface area contributed by atoms with Gasteiger partial charge in [0.25, 0.3) is 0 Å². The van der Waals surface area contributed by atoms with E-state index in [0.717, 1.165) is 12.5 Å². The summed E-state index contributed by atoms with van der Waals surface area (Å²) in [6, 6.07) is 0.552. The topological polar surface area (TPSA) is 41.1 Å². The van der Waals surface area contributed by atoms with Gasteiger partial charge in [0.15, 0.2) is 0 Å². The maximum atomic E-state index is 11.9. The van der Waals surface area contributed by atoms with Crippen LogP contribution in [0.1, 0.15) is 67.2 Å². The second-order valence-corrected chi connectivity index (χ2v) is 8.85. The molecule has 0 aliphatic heterocycles. The highest BCUT2D eigenvalue weighted by Crippen LogP contribution is 2.62. The Kier molecular flexibility index (Phi) is 3.96. The lowest BCUT2D eigenvalue weighted by Crippen LogP contribution is -2.51. The Bertz CT molecular complexity index is 378. The molecule has 2 rings (SSSR count). The summed E-state index contributed by atoms with van der Waals surface area (Å²) in [6.07, 6.45) is 4.65. The fourth-order valence-corrected chi connectivity index (χ4v) is 4.62. The van der Waals surface area contributed by atoms with Crippen molar-refractivity contribution in [2.75, 3.05) is 6.54 Å². The molecule has 3 nitrogen and oxygen atoms in total. The minimum absolute atomic E-state index is 0.130. The first-order chi connectivity index (χ1) is 9.05. The molecule has 2 bridgehead atoms. The van der Waals surface area contributed by atoms with Crippen molar-refractivity contribution in [3.8, 4) is 0 Å². The van der Waals surface area contributed by atoms with E-state index in [4.69, 9.17) is 0 Å². The summed E-state index contributed by atoms with van der Waals surface area (Å²) in [5.74, 6) is 1.00. The van der Waals surface area contributed by atoms with Gasteiger partial charge in [0.05, 0.1) is 0 Å². The van der Waals surface area contributed by atoms with Crippen LogP contribution in [0.2, 0.25) is 0 Å². The summed E-state index contributed by atoms with van der Waals surface area (Å²) >= 11 is 0. The van der Waals surface area contributed by atoms with Gasteiger partial charge >= 0.3 is 0 Å². The van der Waals surface area contributed by atoms with Gasteiger partial charge in [-0.15, -0.1) is 0 Å². The van der Waals surface area contributed by atoms with Crippen molar-refractivity contribution in [1.29, 1.82) is 0 Å². The Labute approximate surface area is 124 Å². The molecule has 0 saturated heterocycles. The van der Waals surface area contributed by atoms with E-state index in [2.05, 4.69) is 31.4 Å². The summed E-state index contributed by atoms with van der Waals surface area (Å²) < 4.78 is 0. The number of hydrogen-bond donors (Lipinski definition) is 2. The number of hydrogen-bond acceptors (Lipinski definition) is 2. The third kappa shape index (κ3) is 3.03. The molecule has 3 heteroatoms. The highest BCUT2D eigenvalue weighted by molar-refractivity contribution is 5.76. The Morgan fingerprint density at radius 2 is 1.90 bits per heavy atom. The lowest BCUT2D eigenvalue weighted by molar-refractivity contribution is -0.122. The fourth-order valence-electron chi connectivity index (χ4n) is 4.62. The maximum Gasteiger partial charge on any atom is 0.221 e. The predicted octanol–water partition coefficient (Wildman–Crippen LogP) is 3.10. The van der Waals surface area contributed by atoms with E-state index >= 15 is 0 Å². The van der Waals surface area contributed by atoms with Crippen LogP contribution in [0, 0.1) is 16.7 Å². The van der Waals surface area contributed by atoms with E-state index in [0.29, 0.717) is 23.3 Å². The molecule has 2 fully saturated rings. The Morgan fingerprint density at radius 1 is 1.25 bits per heavy atom. The van der Waals surface area contributed by atoms with Gasteiger partial charge in [-0.1, -0.05) is 20.8 Å². The van der Waals surface area contributed by atoms with Gasteiger partial charge in [-0.3, -0.25) is 4.79 Å². The molecule has 0 aromatic carbocycles. The summed E-state index contributed by atoms with van der Waals surface area (Å²) in [7, 11) is 0. The molecule has 20 heavy (non-hydrogen) atoms. The van der Waals surface area contributed by atoms with Crippen LogP contribution in [0.4, 0.5) is 0 Å². The van der Waals surface area contributed by atoms with E-state index < -0.39 is 0 Å². The Balaban J connectivity index is 1.84. The molecular weight excluding hydrogens is 248 g/mol. The van der Waals surface area contributed by atoms with Crippen molar-refractivity contribution in [1.82, 2.24) is 10.6 Å². The molecular formula is C17H32N2O. The largest absolute Gasteiger partial charge is 0.351 e. The number of rotatable bonds is 4. The van der Waals surface area contributed by atoms with Crippen LogP contribution in [-0.2, 0) is 4.79 Å². The van der Waals surface area contributed by atoms with Crippen molar-refractivity contribution >= 4 is 5.91 Å². The van der Waals surface area contributed by atoms with E-state index in [1.807, 2.05) is 20.8 Å². The summed E-state index contributed by atoms with van der Waals surface area (Å²) in [6.45, 7) is 14.1. The summed E-state index contributed by atoms with van der Waals surface area (Å²) in [5.41, 5.74) is 0.678. The third-order valence-corrected chi connectivity index (χ3v) is 5.48. The molecule has 0 heterocycles. The molecule has 0 radical (unpaired) electrons. The second kappa shape index (κ2) is 5.01. The normalized spacial score (nSPS) is 35.3. The molecule has 0 aromatic heterocycles. The molecule has 2 aliphatic carbocycles. The van der Waals surface area contributed by atoms with E-state index in [-0.39, 0.29) is 11.4 Å². The molecule has 0 spiro atoms. The van der Waals surface area contributed by atoms with Crippen LogP contribution in [0.3, 0.4) is 0 Å². The molecule has 0 aromatic rings. The van der Waals surface area contributed by atoms with E-state index in [1.54, 1.807) is 0 Å². The molecule has 2 aliphatic rings. The van der Waals surface area contributed by atoms with E-state index in [1.165, 1.54) is 19.3 Å². The minimum atomic E-state index is -0.130. The highest BCUT2D eigenvalue weighted by Gasteiger charge is 2.58. The van der Waals surface area contributed by atoms with Crippen molar-refractivity contribution in [3.63, 3.8) is 0 Å². The Hall–Kier alpha value is -0.570. The van der Waals surface area contributed by atoms with Crippen LogP contribution >= 0.6 is 0 Å². The van der Waals surface area contributed by atoms with Gasteiger partial charge in [0.1, 0.15) is 0 Å². The second-order valence-electron chi connectivity index (χ2n) is 8.85. The van der Waals surface area contributed by atoms with Gasteiger partial charge in [-0.25, -0.2) is 0 Å². The van der Waals surface area contributed by atoms with Crippen LogP contribution < -0.4 is 10.6 Å². The number of nitrogens with one attached hydrogen (secondary N) is 2. The summed E-state index contributed by atoms with van der Waals surface area (Å²) in [5, 5.41) is 6.73. The molecule has 116 valence electrons. The van der Waals surface area contributed by atoms with Crippen molar-refractivity contribution < 1.29 is 4.79 Å². The standard InChI is InChI=1S/C17H32N2O/c1-15(2,3)19-13(20)8-10-18-14-16(4,5)12-7-9-17(14,6)11-12/h12,14,18H,7-11H2,1-6H3,(H,19,20). The van der Waals surface area contributed by atoms with Crippen LogP contribution in [0.25, 0.3) is 0 Å². The number of fused-ring (bicyclic) bond motifs is 2. The molecule has 3 unspecified atom stereocenters. The first-order valence-electron chi connectivity index (χ1n) is 8.09. The molecule has 1 amide bonds. The predicted molar refractivity (Wildman–Crippen MR) is 83.5 cm³/mol. The van der Waals surface area contributed by atoms with Gasteiger partial charge < -0.3 is 10.6 Å². The molecule has 2 N–H and O–H groups in total. The highest BCUT2D eigenvalue weighted by atomic mass is 16.1. The average molecular weight is 280 g/mol. The van der Waals surface area contributed by atoms with Crippen LogP contribution in [0.5, 0.6) is 0 Å². The number of amides is 1. The van der Waals surface area contributed by atoms with Crippen molar-refractivity contribution in [2.24, 2.45) is 16.7 Å². The van der Waals surface area contributed by atoms with Gasteiger partial charge in [0.2, 0.25) is 5.91 Å². The SMILES string of the molecule is CC(C)(C)NC(=O)CCNC1C2(C)CCC(C2)C1(C)C. The average Bonchev–Trinajstić information content (AvgIpc) is 2.71. The number of carbonyl (C=O) groups is 1. The zero-order valence-corrected chi connectivity index (χ0v) is 14.1. The van der Waals surface area contributed by atoms with Crippen LogP contribution in [0.15, 0.2) is 0 Å². The minimum Gasteiger partial charge on any atom is -0.351 e. The lowest BCUT2D eigenvalue weighted by Gasteiger charge is -2.43. The van der Waals surface area contributed by atoms with E-state index in [9.17, 15) is 4.79 Å². The molecule has 2 saturated carbocycles. The zero-order valence-electron chi connectivity index (χ0n) is 14.1. The van der Waals surface area contributed by atoms with Crippen LogP contribution in [-0.4, -0.2) is 24.0 Å². The van der Waals surface area contributed by atoms with Gasteiger partial charge in [-0.2, -0.15) is 0 Å². The summed E-state index contributed by atoms with van der Waals surface area (Å²) in [4.78, 5) is 11.9. The smallest absolute Gasteiger partial charge is 0.221 e. The quantitative estimate of drug-likeness (QED) is 0.831. The van der Waals surface area contributed by atoms with Crippen molar-refractivity contribution in [3.05, 3.63) is 0 Å². The zero-order chi connectivity index (χ0) is 15.2. The van der Waals surface area contributed by atoms with Gasteiger partial charge in [0, 0.05) is 24.5 Å². The first-order valence-corrected chi connectivity index (χ1v) is 8.09. The third-order valence-electron chi connectivity index (χ3n) is 5.48. The van der Waals surface area contributed by atoms with Gasteiger partial charge in [-0.05, 0) is 56.8 Å². The molecule has 3 atom stereocenters. The first kappa shape index (κ1) is 15.8. The lowest BCUT2D eigenvalue weighted by atomic mass is 9.68. The Morgan fingerprint density at radius 3 is 2.40 bits per heavy atom. The number of carbonyl (C=O) groups excluding carboxylic acids is 1. The van der Waals surface area contributed by atoms with Crippen molar-refractivity contribution in [2.45, 2.75) is 78.8 Å².